The third-order valence-electron chi connectivity index (χ3n) is 4.02. The van der Waals surface area contributed by atoms with E-state index in [0.29, 0.717) is 19.0 Å². The van der Waals surface area contributed by atoms with Gasteiger partial charge in [0.05, 0.1) is 29.6 Å². The van der Waals surface area contributed by atoms with Crippen LogP contribution in [0.25, 0.3) is 11.3 Å². The Morgan fingerprint density at radius 3 is 2.76 bits per heavy atom. The number of hydrazone groups is 1. The Morgan fingerprint density at radius 2 is 2.00 bits per heavy atom. The van der Waals surface area contributed by atoms with Crippen LogP contribution in [0.2, 0.25) is 0 Å². The number of halogens is 1. The van der Waals surface area contributed by atoms with E-state index in [4.69, 9.17) is 9.47 Å². The summed E-state index contributed by atoms with van der Waals surface area (Å²) in [5, 5.41) is 7.07. The molecule has 0 saturated heterocycles. The molecule has 1 aromatic heterocycles. The normalized spacial score (nSPS) is 11.0. The van der Waals surface area contributed by atoms with Crippen molar-refractivity contribution in [2.24, 2.45) is 5.10 Å². The number of thiazole rings is 1. The first-order valence-corrected chi connectivity index (χ1v) is 11.3. The standard InChI is InChI=1S/C22H24BrN3O2S/c1-3-5-11-28-21-18(23)12-16(13-20(21)27-4-2)14-24-26-22-25-19(15-29-22)17-9-7-6-8-10-17/h6-10,12-15H,3-5,11H2,1-2H3,(H,25,26). The number of nitrogens with one attached hydrogen (secondary N) is 1. The molecule has 0 saturated carbocycles. The molecular weight excluding hydrogens is 450 g/mol. The van der Waals surface area contributed by atoms with Crippen LogP contribution in [0.5, 0.6) is 11.5 Å². The summed E-state index contributed by atoms with van der Waals surface area (Å²) in [7, 11) is 0. The Balaban J connectivity index is 1.69. The first-order valence-electron chi connectivity index (χ1n) is 9.60. The van der Waals surface area contributed by atoms with Crippen LogP contribution in [0.15, 0.2) is 57.4 Å². The van der Waals surface area contributed by atoms with Crippen molar-refractivity contribution in [3.8, 4) is 22.8 Å². The van der Waals surface area contributed by atoms with Gasteiger partial charge in [0.1, 0.15) is 0 Å². The minimum Gasteiger partial charge on any atom is -0.490 e. The van der Waals surface area contributed by atoms with Crippen LogP contribution in [0, 0.1) is 0 Å². The average Bonchev–Trinajstić information content (AvgIpc) is 3.20. The Bertz CT molecular complexity index is 944. The summed E-state index contributed by atoms with van der Waals surface area (Å²) < 4.78 is 12.5. The fourth-order valence-corrected chi connectivity index (χ4v) is 3.86. The molecule has 0 radical (unpaired) electrons. The highest BCUT2D eigenvalue weighted by atomic mass is 79.9. The van der Waals surface area contributed by atoms with Crippen molar-refractivity contribution in [3.05, 3.63) is 57.9 Å². The van der Waals surface area contributed by atoms with Gasteiger partial charge in [0, 0.05) is 10.9 Å². The lowest BCUT2D eigenvalue weighted by Gasteiger charge is -2.14. The number of rotatable bonds is 10. The largest absolute Gasteiger partial charge is 0.490 e. The van der Waals surface area contributed by atoms with E-state index in [-0.39, 0.29) is 0 Å². The maximum atomic E-state index is 5.89. The summed E-state index contributed by atoms with van der Waals surface area (Å²) in [4.78, 5) is 4.57. The number of hydrogen-bond acceptors (Lipinski definition) is 6. The Morgan fingerprint density at radius 1 is 1.17 bits per heavy atom. The van der Waals surface area contributed by atoms with Gasteiger partial charge in [-0.25, -0.2) is 4.98 Å². The van der Waals surface area contributed by atoms with Crippen LogP contribution in [0.1, 0.15) is 32.3 Å². The number of unbranched alkanes of at least 4 members (excludes halogenated alkanes) is 1. The van der Waals surface area contributed by atoms with Crippen molar-refractivity contribution in [3.63, 3.8) is 0 Å². The third-order valence-corrected chi connectivity index (χ3v) is 5.36. The van der Waals surface area contributed by atoms with E-state index in [2.05, 4.69) is 38.4 Å². The van der Waals surface area contributed by atoms with Crippen LogP contribution >= 0.6 is 27.3 Å². The van der Waals surface area contributed by atoms with Gasteiger partial charge in [-0.05, 0) is 47.0 Å². The summed E-state index contributed by atoms with van der Waals surface area (Å²) in [6, 6.07) is 14.0. The number of aromatic nitrogens is 1. The number of ether oxygens (including phenoxy) is 2. The van der Waals surface area contributed by atoms with Crippen molar-refractivity contribution in [2.75, 3.05) is 18.6 Å². The van der Waals surface area contributed by atoms with Crippen LogP contribution < -0.4 is 14.9 Å². The molecule has 1 heterocycles. The molecule has 0 spiro atoms. The predicted molar refractivity (Wildman–Crippen MR) is 124 cm³/mol. The lowest BCUT2D eigenvalue weighted by molar-refractivity contribution is 0.271. The first kappa shape index (κ1) is 21.3. The second kappa shape index (κ2) is 11.0. The highest BCUT2D eigenvalue weighted by molar-refractivity contribution is 9.10. The SMILES string of the molecule is CCCCOc1c(Br)cc(C=NNc2nc(-c3ccccc3)cs2)cc1OCC. The minimum atomic E-state index is 0.566. The first-order chi connectivity index (χ1) is 14.2. The maximum Gasteiger partial charge on any atom is 0.203 e. The molecule has 1 N–H and O–H groups in total. The molecule has 0 aliphatic rings. The quantitative estimate of drug-likeness (QED) is 0.204. The molecule has 0 atom stereocenters. The van der Waals surface area contributed by atoms with Gasteiger partial charge in [-0.2, -0.15) is 5.10 Å². The molecule has 0 aliphatic carbocycles. The Labute approximate surface area is 183 Å². The molecule has 29 heavy (non-hydrogen) atoms. The smallest absolute Gasteiger partial charge is 0.203 e. The zero-order valence-electron chi connectivity index (χ0n) is 16.5. The molecule has 3 aromatic rings. The third kappa shape index (κ3) is 6.05. The molecule has 0 bridgehead atoms. The van der Waals surface area contributed by atoms with E-state index in [1.165, 1.54) is 11.3 Å². The summed E-state index contributed by atoms with van der Waals surface area (Å²) in [6.07, 6.45) is 3.83. The van der Waals surface area contributed by atoms with Gasteiger partial charge in [0.15, 0.2) is 11.5 Å². The van der Waals surface area contributed by atoms with Crippen molar-refractivity contribution in [1.82, 2.24) is 4.98 Å². The molecule has 0 aliphatic heterocycles. The highest BCUT2D eigenvalue weighted by Crippen LogP contribution is 2.36. The maximum absolute atomic E-state index is 5.89. The van der Waals surface area contributed by atoms with Crippen molar-refractivity contribution in [1.29, 1.82) is 0 Å². The number of anilines is 1. The summed E-state index contributed by atoms with van der Waals surface area (Å²) in [5.41, 5.74) is 5.92. The number of hydrogen-bond donors (Lipinski definition) is 1. The van der Waals surface area contributed by atoms with E-state index in [1.807, 2.05) is 54.8 Å². The Hall–Kier alpha value is -2.38. The summed E-state index contributed by atoms with van der Waals surface area (Å²) in [5.74, 6) is 1.44. The second-order valence-corrected chi connectivity index (χ2v) is 7.95. The van der Waals surface area contributed by atoms with Gasteiger partial charge in [-0.15, -0.1) is 11.3 Å². The van der Waals surface area contributed by atoms with Crippen LogP contribution in [0.4, 0.5) is 5.13 Å². The van der Waals surface area contributed by atoms with E-state index in [1.54, 1.807) is 6.21 Å². The van der Waals surface area contributed by atoms with Gasteiger partial charge in [-0.3, -0.25) is 5.43 Å². The van der Waals surface area contributed by atoms with Crippen LogP contribution in [-0.2, 0) is 0 Å². The molecule has 2 aromatic carbocycles. The fourth-order valence-electron chi connectivity index (χ4n) is 2.61. The van der Waals surface area contributed by atoms with Crippen molar-refractivity contribution >= 4 is 38.6 Å². The van der Waals surface area contributed by atoms with Gasteiger partial charge in [0.2, 0.25) is 5.13 Å². The number of benzene rings is 2. The second-order valence-electron chi connectivity index (χ2n) is 6.24. The molecule has 0 unspecified atom stereocenters. The monoisotopic (exact) mass is 473 g/mol. The summed E-state index contributed by atoms with van der Waals surface area (Å²) >= 11 is 5.11. The minimum absolute atomic E-state index is 0.566. The van der Waals surface area contributed by atoms with Gasteiger partial charge < -0.3 is 9.47 Å². The molecule has 3 rings (SSSR count). The fraction of sp³-hybridized carbons (Fsp3) is 0.273. The van der Waals surface area contributed by atoms with E-state index < -0.39 is 0 Å². The van der Waals surface area contributed by atoms with E-state index in [0.717, 1.165) is 45.0 Å². The zero-order valence-corrected chi connectivity index (χ0v) is 18.9. The van der Waals surface area contributed by atoms with Crippen LogP contribution in [0.3, 0.4) is 0 Å². The molecule has 152 valence electrons. The van der Waals surface area contributed by atoms with Crippen molar-refractivity contribution < 1.29 is 9.47 Å². The lowest BCUT2D eigenvalue weighted by atomic mass is 10.2. The molecule has 7 heteroatoms. The van der Waals surface area contributed by atoms with Gasteiger partial charge in [-0.1, -0.05) is 43.7 Å². The predicted octanol–water partition coefficient (Wildman–Crippen LogP) is 6.60. The molecule has 5 nitrogen and oxygen atoms in total. The average molecular weight is 474 g/mol. The van der Waals surface area contributed by atoms with Crippen molar-refractivity contribution in [2.45, 2.75) is 26.7 Å². The van der Waals surface area contributed by atoms with E-state index >= 15 is 0 Å². The highest BCUT2D eigenvalue weighted by Gasteiger charge is 2.12. The van der Waals surface area contributed by atoms with Gasteiger partial charge >= 0.3 is 0 Å². The molecule has 0 fully saturated rings. The summed E-state index contributed by atoms with van der Waals surface area (Å²) in [6.45, 7) is 5.33. The molecular formula is C22H24BrN3O2S. The zero-order chi connectivity index (χ0) is 20.5. The van der Waals surface area contributed by atoms with Crippen LogP contribution in [-0.4, -0.2) is 24.4 Å². The topological polar surface area (TPSA) is 55.7 Å². The van der Waals surface area contributed by atoms with Gasteiger partial charge in [0.25, 0.3) is 0 Å². The van der Waals surface area contributed by atoms with E-state index in [9.17, 15) is 0 Å². The number of nitrogens with zero attached hydrogens (tertiary/aromatic N) is 2. The molecule has 0 amide bonds. The Kier molecular flexibility index (Phi) is 8.07. The lowest BCUT2D eigenvalue weighted by Crippen LogP contribution is -2.02.